The number of halogens is 4. The lowest BCUT2D eigenvalue weighted by Gasteiger charge is -2.19. The molecule has 0 amide bonds. The van der Waals surface area contributed by atoms with Gasteiger partial charge in [0.05, 0.1) is 21.8 Å². The first-order valence-corrected chi connectivity index (χ1v) is 6.43. The first-order chi connectivity index (χ1) is 9.45. The minimum Gasteiger partial charge on any atom is -0.271 e. The van der Waals surface area contributed by atoms with Gasteiger partial charge in [-0.1, -0.05) is 29.3 Å². The summed E-state index contributed by atoms with van der Waals surface area (Å²) < 4.78 is 28.1. The second-order valence-corrected chi connectivity index (χ2v) is 5.06. The SMILES string of the molecule is Cc1ccc(F)c(C(NN)c2ncc(Cl)cc2Cl)c1F. The molecule has 1 aromatic carbocycles. The van der Waals surface area contributed by atoms with Gasteiger partial charge >= 0.3 is 0 Å². The van der Waals surface area contributed by atoms with E-state index in [0.717, 1.165) is 0 Å². The van der Waals surface area contributed by atoms with Crippen LogP contribution in [0.5, 0.6) is 0 Å². The number of hydrogen-bond donors (Lipinski definition) is 2. The van der Waals surface area contributed by atoms with Gasteiger partial charge in [-0.05, 0) is 24.6 Å². The van der Waals surface area contributed by atoms with Gasteiger partial charge in [-0.2, -0.15) is 0 Å². The van der Waals surface area contributed by atoms with Crippen LogP contribution in [0.15, 0.2) is 24.4 Å². The van der Waals surface area contributed by atoms with E-state index >= 15 is 0 Å². The number of benzene rings is 1. The van der Waals surface area contributed by atoms with E-state index in [9.17, 15) is 8.78 Å². The average Bonchev–Trinajstić information content (AvgIpc) is 2.40. The molecule has 106 valence electrons. The molecule has 3 nitrogen and oxygen atoms in total. The Labute approximate surface area is 124 Å². The third-order valence-corrected chi connectivity index (χ3v) is 3.39. The first kappa shape index (κ1) is 15.1. The molecule has 0 aliphatic heterocycles. The zero-order valence-electron chi connectivity index (χ0n) is 10.4. The van der Waals surface area contributed by atoms with Crippen LogP contribution in [0.1, 0.15) is 22.9 Å². The molecule has 2 rings (SSSR count). The molecule has 0 saturated heterocycles. The topological polar surface area (TPSA) is 50.9 Å². The van der Waals surface area contributed by atoms with Crippen molar-refractivity contribution in [3.8, 4) is 0 Å². The molecule has 0 radical (unpaired) electrons. The molecule has 1 atom stereocenters. The van der Waals surface area contributed by atoms with Gasteiger partial charge in [0.1, 0.15) is 11.6 Å². The van der Waals surface area contributed by atoms with E-state index in [1.807, 2.05) is 0 Å². The molecule has 1 unspecified atom stereocenters. The maximum atomic E-state index is 14.2. The van der Waals surface area contributed by atoms with Gasteiger partial charge in [0.15, 0.2) is 0 Å². The van der Waals surface area contributed by atoms with Crippen LogP contribution in [-0.2, 0) is 0 Å². The van der Waals surface area contributed by atoms with Gasteiger partial charge < -0.3 is 0 Å². The Balaban J connectivity index is 2.61. The van der Waals surface area contributed by atoms with E-state index in [0.29, 0.717) is 10.6 Å². The molecule has 20 heavy (non-hydrogen) atoms. The molecule has 0 bridgehead atoms. The second kappa shape index (κ2) is 6.01. The highest BCUT2D eigenvalue weighted by atomic mass is 35.5. The minimum absolute atomic E-state index is 0.167. The number of nitrogens with two attached hydrogens (primary N) is 1. The summed E-state index contributed by atoms with van der Waals surface area (Å²) in [5.41, 5.74) is 2.60. The smallest absolute Gasteiger partial charge is 0.134 e. The van der Waals surface area contributed by atoms with Crippen LogP contribution in [-0.4, -0.2) is 4.98 Å². The highest BCUT2D eigenvalue weighted by Crippen LogP contribution is 2.31. The van der Waals surface area contributed by atoms with E-state index in [4.69, 9.17) is 29.0 Å². The standard InChI is InChI=1S/C13H11Cl2F2N3/c1-6-2-3-9(16)10(11(6)17)13(20-18)12-8(15)4-7(14)5-19-12/h2-5,13,20H,18H2,1H3. The molecule has 1 aromatic heterocycles. The van der Waals surface area contributed by atoms with Gasteiger partial charge in [0.2, 0.25) is 0 Å². The van der Waals surface area contributed by atoms with Crippen LogP contribution in [0.25, 0.3) is 0 Å². The van der Waals surface area contributed by atoms with Gasteiger partial charge in [0, 0.05) is 11.8 Å². The van der Waals surface area contributed by atoms with Crippen molar-refractivity contribution in [2.75, 3.05) is 0 Å². The van der Waals surface area contributed by atoms with E-state index < -0.39 is 17.7 Å². The maximum Gasteiger partial charge on any atom is 0.134 e. The van der Waals surface area contributed by atoms with Gasteiger partial charge in [-0.15, -0.1) is 0 Å². The average molecular weight is 318 g/mol. The molecule has 1 heterocycles. The van der Waals surface area contributed by atoms with E-state index in [1.54, 1.807) is 0 Å². The Hall–Kier alpha value is -1.27. The van der Waals surface area contributed by atoms with Gasteiger partial charge in [0.25, 0.3) is 0 Å². The number of hydrazine groups is 1. The summed E-state index contributed by atoms with van der Waals surface area (Å²) in [7, 11) is 0. The Morgan fingerprint density at radius 1 is 1.30 bits per heavy atom. The molecular weight excluding hydrogens is 307 g/mol. The number of nitrogens with zero attached hydrogens (tertiary/aromatic N) is 1. The van der Waals surface area contributed by atoms with Crippen molar-refractivity contribution < 1.29 is 8.78 Å². The quantitative estimate of drug-likeness (QED) is 0.672. The fraction of sp³-hybridized carbons (Fsp3) is 0.154. The van der Waals surface area contributed by atoms with Crippen LogP contribution < -0.4 is 11.3 Å². The molecule has 0 aliphatic rings. The summed E-state index contributed by atoms with van der Waals surface area (Å²) in [6.07, 6.45) is 1.33. The van der Waals surface area contributed by atoms with Gasteiger partial charge in [-0.3, -0.25) is 10.8 Å². The normalized spacial score (nSPS) is 12.5. The molecule has 0 saturated carbocycles. The molecule has 0 aliphatic carbocycles. The summed E-state index contributed by atoms with van der Waals surface area (Å²) in [6, 6.07) is 2.93. The summed E-state index contributed by atoms with van der Waals surface area (Å²) >= 11 is 11.8. The Morgan fingerprint density at radius 3 is 2.60 bits per heavy atom. The summed E-state index contributed by atoms with van der Waals surface area (Å²) in [4.78, 5) is 4.00. The number of aryl methyl sites for hydroxylation is 1. The van der Waals surface area contributed by atoms with Gasteiger partial charge in [-0.25, -0.2) is 14.2 Å². The van der Waals surface area contributed by atoms with Crippen LogP contribution in [0.4, 0.5) is 8.78 Å². The molecule has 3 N–H and O–H groups in total. The highest BCUT2D eigenvalue weighted by molar-refractivity contribution is 6.34. The van der Waals surface area contributed by atoms with E-state index in [2.05, 4.69) is 10.4 Å². The Kier molecular flexibility index (Phi) is 4.55. The number of nitrogens with one attached hydrogen (secondary N) is 1. The highest BCUT2D eigenvalue weighted by Gasteiger charge is 2.25. The summed E-state index contributed by atoms with van der Waals surface area (Å²) in [5.74, 6) is 3.99. The molecule has 7 heteroatoms. The lowest BCUT2D eigenvalue weighted by atomic mass is 10.00. The number of aromatic nitrogens is 1. The summed E-state index contributed by atoms with van der Waals surface area (Å²) in [6.45, 7) is 1.53. The molecule has 0 spiro atoms. The second-order valence-electron chi connectivity index (χ2n) is 4.21. The number of pyridine rings is 1. The van der Waals surface area contributed by atoms with Crippen molar-refractivity contribution in [3.63, 3.8) is 0 Å². The summed E-state index contributed by atoms with van der Waals surface area (Å²) in [5, 5.41) is 0.487. The molecule has 2 aromatic rings. The van der Waals surface area contributed by atoms with Crippen molar-refractivity contribution in [1.29, 1.82) is 0 Å². The number of hydrogen-bond acceptors (Lipinski definition) is 3. The fourth-order valence-corrected chi connectivity index (χ4v) is 2.37. The van der Waals surface area contributed by atoms with Crippen LogP contribution in [0.2, 0.25) is 10.0 Å². The lowest BCUT2D eigenvalue weighted by molar-refractivity contribution is 0.502. The number of rotatable bonds is 3. The Bertz CT molecular complexity index is 650. The fourth-order valence-electron chi connectivity index (χ4n) is 1.88. The zero-order chi connectivity index (χ0) is 14.9. The van der Waals surface area contributed by atoms with Crippen LogP contribution in [0.3, 0.4) is 0 Å². The third-order valence-electron chi connectivity index (χ3n) is 2.88. The van der Waals surface area contributed by atoms with Crippen molar-refractivity contribution in [3.05, 3.63) is 62.9 Å². The zero-order valence-corrected chi connectivity index (χ0v) is 11.9. The predicted octanol–water partition coefficient (Wildman–Crippen LogP) is 3.53. The van der Waals surface area contributed by atoms with Crippen molar-refractivity contribution in [1.82, 2.24) is 10.4 Å². The largest absolute Gasteiger partial charge is 0.271 e. The third kappa shape index (κ3) is 2.76. The van der Waals surface area contributed by atoms with Crippen molar-refractivity contribution >= 4 is 23.2 Å². The first-order valence-electron chi connectivity index (χ1n) is 5.67. The maximum absolute atomic E-state index is 14.2. The van der Waals surface area contributed by atoms with Crippen LogP contribution >= 0.6 is 23.2 Å². The van der Waals surface area contributed by atoms with Crippen molar-refractivity contribution in [2.24, 2.45) is 5.84 Å². The minimum atomic E-state index is -1.01. The van der Waals surface area contributed by atoms with E-state index in [-0.39, 0.29) is 16.3 Å². The monoisotopic (exact) mass is 317 g/mol. The molecule has 0 fully saturated rings. The lowest BCUT2D eigenvalue weighted by Crippen LogP contribution is -2.31. The predicted molar refractivity (Wildman–Crippen MR) is 74.5 cm³/mol. The van der Waals surface area contributed by atoms with Crippen LogP contribution in [0, 0.1) is 18.6 Å². The van der Waals surface area contributed by atoms with Crippen molar-refractivity contribution in [2.45, 2.75) is 13.0 Å². The Morgan fingerprint density at radius 2 is 2.00 bits per heavy atom. The van der Waals surface area contributed by atoms with E-state index in [1.165, 1.54) is 31.3 Å². The molecular formula is C13H11Cl2F2N3.